The number of carbonyl (C=O) groups is 1. The summed E-state index contributed by atoms with van der Waals surface area (Å²) in [5.74, 6) is -0.144. The largest absolute Gasteiger partial charge is 0.469 e. The molecule has 1 heterocycles. The van der Waals surface area contributed by atoms with E-state index >= 15 is 0 Å². The van der Waals surface area contributed by atoms with Gasteiger partial charge < -0.3 is 9.64 Å². The average molecular weight is 218 g/mol. The second kappa shape index (κ2) is 5.01. The standard InChI is InChI=1S/C13H16NO2/c1-16-13(15)8-10-14-9-4-6-11-5-2-3-7-12(11)14/h3,5,7H,4,6,8-10H2,1H3. The van der Waals surface area contributed by atoms with Crippen molar-refractivity contribution in [2.24, 2.45) is 0 Å². The fraction of sp³-hybridized carbons (Fsp3) is 0.462. The van der Waals surface area contributed by atoms with Crippen molar-refractivity contribution in [1.29, 1.82) is 0 Å². The molecule has 0 saturated heterocycles. The third-order valence-electron chi connectivity index (χ3n) is 2.95. The van der Waals surface area contributed by atoms with Gasteiger partial charge in [-0.3, -0.25) is 4.79 Å². The Morgan fingerprint density at radius 2 is 2.50 bits per heavy atom. The molecule has 1 aliphatic heterocycles. The van der Waals surface area contributed by atoms with E-state index in [9.17, 15) is 4.79 Å². The van der Waals surface area contributed by atoms with Crippen LogP contribution in [0.4, 0.5) is 5.69 Å². The van der Waals surface area contributed by atoms with E-state index < -0.39 is 0 Å². The quantitative estimate of drug-likeness (QED) is 0.724. The summed E-state index contributed by atoms with van der Waals surface area (Å²) in [6.07, 6.45) is 2.71. The first-order valence-electron chi connectivity index (χ1n) is 5.62. The zero-order valence-corrected chi connectivity index (χ0v) is 9.53. The topological polar surface area (TPSA) is 29.5 Å². The van der Waals surface area contributed by atoms with Crippen LogP contribution < -0.4 is 4.90 Å². The van der Waals surface area contributed by atoms with Gasteiger partial charge in [0.1, 0.15) is 0 Å². The van der Waals surface area contributed by atoms with E-state index in [2.05, 4.69) is 21.8 Å². The molecule has 0 unspecified atom stereocenters. The third-order valence-corrected chi connectivity index (χ3v) is 2.95. The second-order valence-corrected chi connectivity index (χ2v) is 3.97. The van der Waals surface area contributed by atoms with Crippen LogP contribution in [-0.2, 0) is 16.0 Å². The molecule has 1 aromatic carbocycles. The number of aryl methyl sites for hydroxylation is 1. The highest BCUT2D eigenvalue weighted by atomic mass is 16.5. The highest BCUT2D eigenvalue weighted by molar-refractivity contribution is 5.70. The van der Waals surface area contributed by atoms with Gasteiger partial charge in [-0.1, -0.05) is 6.07 Å². The van der Waals surface area contributed by atoms with Crippen molar-refractivity contribution in [3.05, 3.63) is 29.8 Å². The van der Waals surface area contributed by atoms with Crippen molar-refractivity contribution in [2.75, 3.05) is 25.1 Å². The van der Waals surface area contributed by atoms with E-state index in [0.29, 0.717) is 6.42 Å². The number of hydrogen-bond donors (Lipinski definition) is 0. The molecule has 0 saturated carbocycles. The lowest BCUT2D eigenvalue weighted by atomic mass is 10.0. The molecule has 85 valence electrons. The average Bonchev–Trinajstić information content (AvgIpc) is 2.35. The highest BCUT2D eigenvalue weighted by Crippen LogP contribution is 2.26. The van der Waals surface area contributed by atoms with Crippen molar-refractivity contribution >= 4 is 11.7 Å². The van der Waals surface area contributed by atoms with E-state index in [1.165, 1.54) is 18.4 Å². The Labute approximate surface area is 96.0 Å². The zero-order chi connectivity index (χ0) is 11.4. The summed E-state index contributed by atoms with van der Waals surface area (Å²) in [5, 5.41) is 0. The summed E-state index contributed by atoms with van der Waals surface area (Å²) >= 11 is 0. The lowest BCUT2D eigenvalue weighted by Crippen LogP contribution is -2.31. The van der Waals surface area contributed by atoms with Crippen molar-refractivity contribution in [3.63, 3.8) is 0 Å². The van der Waals surface area contributed by atoms with Gasteiger partial charge in [-0.05, 0) is 36.6 Å². The van der Waals surface area contributed by atoms with E-state index in [1.54, 1.807) is 0 Å². The van der Waals surface area contributed by atoms with Gasteiger partial charge in [-0.2, -0.15) is 0 Å². The monoisotopic (exact) mass is 218 g/mol. The zero-order valence-electron chi connectivity index (χ0n) is 9.53. The minimum absolute atomic E-state index is 0.144. The summed E-state index contributed by atoms with van der Waals surface area (Å²) in [5.41, 5.74) is 2.58. The molecule has 0 aromatic heterocycles. The minimum Gasteiger partial charge on any atom is -0.469 e. The predicted octanol–water partition coefficient (Wildman–Crippen LogP) is 1.80. The van der Waals surface area contributed by atoms with E-state index in [4.69, 9.17) is 0 Å². The molecule has 1 aromatic rings. The number of anilines is 1. The van der Waals surface area contributed by atoms with Crippen LogP contribution in [-0.4, -0.2) is 26.2 Å². The lowest BCUT2D eigenvalue weighted by molar-refractivity contribution is -0.140. The Hall–Kier alpha value is -1.51. The van der Waals surface area contributed by atoms with Gasteiger partial charge >= 0.3 is 5.97 Å². The van der Waals surface area contributed by atoms with Crippen molar-refractivity contribution < 1.29 is 9.53 Å². The number of benzene rings is 1. The number of rotatable bonds is 3. The number of fused-ring (bicyclic) bond motifs is 1. The summed E-state index contributed by atoms with van der Waals surface area (Å²) in [6.45, 7) is 1.76. The number of ether oxygens (including phenoxy) is 1. The first-order chi connectivity index (χ1) is 7.81. The third kappa shape index (κ3) is 2.35. The van der Waals surface area contributed by atoms with E-state index in [1.807, 2.05) is 12.1 Å². The Balaban J connectivity index is 2.04. The molecule has 0 spiro atoms. The number of nitrogens with zero attached hydrogens (tertiary/aromatic N) is 1. The smallest absolute Gasteiger partial charge is 0.307 e. The number of hydrogen-bond acceptors (Lipinski definition) is 3. The fourth-order valence-electron chi connectivity index (χ4n) is 2.11. The Bertz CT molecular complexity index is 376. The first-order valence-corrected chi connectivity index (χ1v) is 5.62. The number of esters is 1. The lowest BCUT2D eigenvalue weighted by Gasteiger charge is -2.30. The summed E-state index contributed by atoms with van der Waals surface area (Å²) in [4.78, 5) is 13.4. The van der Waals surface area contributed by atoms with Crippen LogP contribution in [0, 0.1) is 6.07 Å². The summed E-state index contributed by atoms with van der Waals surface area (Å²) < 4.78 is 4.66. The maximum atomic E-state index is 11.1. The maximum absolute atomic E-state index is 11.1. The Morgan fingerprint density at radius 3 is 3.31 bits per heavy atom. The van der Waals surface area contributed by atoms with Crippen molar-refractivity contribution in [3.8, 4) is 0 Å². The molecule has 0 N–H and O–H groups in total. The van der Waals surface area contributed by atoms with Gasteiger partial charge in [0, 0.05) is 18.8 Å². The number of methoxy groups -OCH3 is 1. The molecular weight excluding hydrogens is 202 g/mol. The Morgan fingerprint density at radius 1 is 1.62 bits per heavy atom. The van der Waals surface area contributed by atoms with Crippen LogP contribution in [0.3, 0.4) is 0 Å². The number of carbonyl (C=O) groups excluding carboxylic acids is 1. The van der Waals surface area contributed by atoms with Gasteiger partial charge in [0.25, 0.3) is 0 Å². The molecule has 1 radical (unpaired) electrons. The summed E-state index contributed by atoms with van der Waals surface area (Å²) in [6, 6.07) is 9.14. The van der Waals surface area contributed by atoms with Gasteiger partial charge in [0.15, 0.2) is 0 Å². The van der Waals surface area contributed by atoms with Crippen LogP contribution in [0.5, 0.6) is 0 Å². The molecule has 0 bridgehead atoms. The second-order valence-electron chi connectivity index (χ2n) is 3.97. The molecule has 2 rings (SSSR count). The van der Waals surface area contributed by atoms with Gasteiger partial charge in [-0.15, -0.1) is 0 Å². The van der Waals surface area contributed by atoms with E-state index in [0.717, 1.165) is 25.9 Å². The van der Waals surface area contributed by atoms with Crippen LogP contribution in [0.2, 0.25) is 0 Å². The van der Waals surface area contributed by atoms with Gasteiger partial charge in [-0.25, -0.2) is 0 Å². The van der Waals surface area contributed by atoms with Crippen LogP contribution in [0.25, 0.3) is 0 Å². The van der Waals surface area contributed by atoms with Gasteiger partial charge in [0.2, 0.25) is 0 Å². The molecule has 0 amide bonds. The van der Waals surface area contributed by atoms with E-state index in [-0.39, 0.29) is 5.97 Å². The Kier molecular flexibility index (Phi) is 3.44. The molecule has 3 nitrogen and oxygen atoms in total. The molecular formula is C13H16NO2. The first kappa shape index (κ1) is 11.0. The van der Waals surface area contributed by atoms with Crippen LogP contribution in [0.1, 0.15) is 18.4 Å². The molecule has 1 aliphatic rings. The fourth-order valence-corrected chi connectivity index (χ4v) is 2.11. The maximum Gasteiger partial charge on any atom is 0.307 e. The van der Waals surface area contributed by atoms with Crippen LogP contribution >= 0.6 is 0 Å². The summed E-state index contributed by atoms with van der Waals surface area (Å²) in [7, 11) is 1.43. The normalized spacial score (nSPS) is 14.4. The molecule has 3 heteroatoms. The highest BCUT2D eigenvalue weighted by Gasteiger charge is 2.16. The van der Waals surface area contributed by atoms with Crippen LogP contribution in [0.15, 0.2) is 18.2 Å². The molecule has 16 heavy (non-hydrogen) atoms. The van der Waals surface area contributed by atoms with Crippen molar-refractivity contribution in [1.82, 2.24) is 0 Å². The van der Waals surface area contributed by atoms with Gasteiger partial charge in [0.05, 0.1) is 13.5 Å². The van der Waals surface area contributed by atoms with Crippen molar-refractivity contribution in [2.45, 2.75) is 19.3 Å². The predicted molar refractivity (Wildman–Crippen MR) is 62.4 cm³/mol. The SMILES string of the molecule is COC(=O)CCN1CCCc2c[c]ccc21. The minimum atomic E-state index is -0.144. The molecule has 0 aliphatic carbocycles. The molecule has 0 fully saturated rings. The molecule has 0 atom stereocenters.